The Hall–Kier alpha value is -3.07. The largest absolute Gasteiger partial charge is 0.432 e. The summed E-state index contributed by atoms with van der Waals surface area (Å²) in [6.07, 6.45) is -1.79. The Balaban J connectivity index is 1.55. The molecule has 1 fully saturated rings. The third-order valence-electron chi connectivity index (χ3n) is 6.10. The van der Waals surface area contributed by atoms with Crippen LogP contribution in [-0.2, 0) is 10.8 Å². The summed E-state index contributed by atoms with van der Waals surface area (Å²) < 4.78 is 108. The van der Waals surface area contributed by atoms with Gasteiger partial charge in [0, 0.05) is 12.1 Å². The molecular weight excluding hydrogens is 477 g/mol. The van der Waals surface area contributed by atoms with Crippen molar-refractivity contribution in [3.8, 4) is 16.9 Å². The first kappa shape index (κ1) is 25.0. The lowest BCUT2D eigenvalue weighted by Gasteiger charge is -2.28. The van der Waals surface area contributed by atoms with Gasteiger partial charge in [-0.1, -0.05) is 37.6 Å². The van der Waals surface area contributed by atoms with Gasteiger partial charge in [0.2, 0.25) is 0 Å². The fraction of sp³-hybridized carbons (Fsp3) is 0.308. The van der Waals surface area contributed by atoms with Crippen LogP contribution in [0.2, 0.25) is 0 Å². The maximum atomic E-state index is 14.6. The number of alkyl halides is 2. The maximum Gasteiger partial charge on any atom is 0.432 e. The van der Waals surface area contributed by atoms with Crippen molar-refractivity contribution >= 4 is 0 Å². The molecular formula is C26H21F7O2. The van der Waals surface area contributed by atoms with E-state index in [1.807, 2.05) is 0 Å². The highest BCUT2D eigenvalue weighted by Gasteiger charge is 2.41. The van der Waals surface area contributed by atoms with Crippen molar-refractivity contribution in [1.29, 1.82) is 0 Å². The van der Waals surface area contributed by atoms with E-state index >= 15 is 0 Å². The van der Waals surface area contributed by atoms with Crippen LogP contribution < -0.4 is 4.74 Å². The van der Waals surface area contributed by atoms with E-state index in [4.69, 9.17) is 4.74 Å². The van der Waals surface area contributed by atoms with Gasteiger partial charge in [0.05, 0.1) is 12.7 Å². The molecule has 0 spiro atoms. The van der Waals surface area contributed by atoms with E-state index in [0.29, 0.717) is 30.2 Å². The number of benzene rings is 3. The van der Waals surface area contributed by atoms with Crippen LogP contribution in [0.1, 0.15) is 43.4 Å². The molecule has 0 aliphatic carbocycles. The predicted molar refractivity (Wildman–Crippen MR) is 114 cm³/mol. The molecule has 0 amide bonds. The summed E-state index contributed by atoms with van der Waals surface area (Å²) in [4.78, 5) is 0. The monoisotopic (exact) mass is 498 g/mol. The zero-order chi connectivity index (χ0) is 25.3. The first-order chi connectivity index (χ1) is 16.6. The first-order valence-electron chi connectivity index (χ1n) is 11.0. The SMILES string of the molecule is CCC1CCC(c2ccc(-c3cc(F)c(C(F)(F)Oc4cc(F)c(F)c(F)c4)c(F)c3)cc2)OC1. The van der Waals surface area contributed by atoms with Gasteiger partial charge >= 0.3 is 6.11 Å². The Kier molecular flexibility index (Phi) is 7.07. The molecule has 2 nitrogen and oxygen atoms in total. The predicted octanol–water partition coefficient (Wildman–Crippen LogP) is 8.06. The molecule has 2 unspecified atom stereocenters. The average Bonchev–Trinajstić information content (AvgIpc) is 2.81. The van der Waals surface area contributed by atoms with Crippen molar-refractivity contribution < 1.29 is 40.2 Å². The summed E-state index contributed by atoms with van der Waals surface area (Å²) in [6, 6.07) is 8.44. The molecule has 0 radical (unpaired) electrons. The standard InChI is InChI=1S/C26H21F7O2/c1-2-14-3-8-23(34-13-14)16-6-4-15(5-7-16)17-9-19(27)24(20(28)10-17)26(32,33)35-18-11-21(29)25(31)22(30)12-18/h4-7,9-12,14,23H,2-3,8,13H2,1H3. The molecule has 1 saturated heterocycles. The minimum Gasteiger partial charge on any atom is -0.429 e. The van der Waals surface area contributed by atoms with E-state index in [9.17, 15) is 30.7 Å². The van der Waals surface area contributed by atoms with Gasteiger partial charge in [-0.25, -0.2) is 22.0 Å². The number of halogens is 7. The third kappa shape index (κ3) is 5.29. The highest BCUT2D eigenvalue weighted by atomic mass is 19.3. The fourth-order valence-corrected chi connectivity index (χ4v) is 4.09. The maximum absolute atomic E-state index is 14.6. The number of hydrogen-bond acceptors (Lipinski definition) is 2. The molecule has 0 saturated carbocycles. The number of ether oxygens (including phenoxy) is 2. The first-order valence-corrected chi connectivity index (χ1v) is 11.0. The van der Waals surface area contributed by atoms with E-state index in [1.165, 1.54) is 0 Å². The van der Waals surface area contributed by atoms with Crippen molar-refractivity contribution in [3.63, 3.8) is 0 Å². The van der Waals surface area contributed by atoms with Crippen LogP contribution in [0.25, 0.3) is 11.1 Å². The van der Waals surface area contributed by atoms with Crippen molar-refractivity contribution in [2.45, 2.75) is 38.4 Å². The zero-order valence-electron chi connectivity index (χ0n) is 18.6. The molecule has 2 atom stereocenters. The van der Waals surface area contributed by atoms with E-state index in [-0.39, 0.29) is 23.8 Å². The molecule has 35 heavy (non-hydrogen) atoms. The minimum atomic E-state index is -4.64. The Morgan fingerprint density at radius 1 is 0.829 bits per heavy atom. The van der Waals surface area contributed by atoms with Gasteiger partial charge < -0.3 is 9.47 Å². The Bertz CT molecular complexity index is 1160. The molecule has 186 valence electrons. The van der Waals surface area contributed by atoms with Gasteiger partial charge in [-0.05, 0) is 47.6 Å². The third-order valence-corrected chi connectivity index (χ3v) is 6.10. The number of rotatable bonds is 6. The Morgan fingerprint density at radius 3 is 1.94 bits per heavy atom. The normalized spacial score (nSPS) is 18.5. The smallest absolute Gasteiger partial charge is 0.429 e. The topological polar surface area (TPSA) is 18.5 Å². The molecule has 0 N–H and O–H groups in total. The summed E-state index contributed by atoms with van der Waals surface area (Å²) in [7, 11) is 0. The van der Waals surface area contributed by atoms with Crippen LogP contribution in [-0.4, -0.2) is 6.61 Å². The summed E-state index contributed by atoms with van der Waals surface area (Å²) >= 11 is 0. The van der Waals surface area contributed by atoms with Crippen LogP contribution in [0, 0.1) is 35.0 Å². The van der Waals surface area contributed by atoms with Gasteiger partial charge in [-0.15, -0.1) is 0 Å². The number of hydrogen-bond donors (Lipinski definition) is 0. The average molecular weight is 498 g/mol. The molecule has 0 aromatic heterocycles. The lowest BCUT2D eigenvalue weighted by molar-refractivity contribution is -0.189. The Morgan fingerprint density at radius 2 is 1.43 bits per heavy atom. The molecule has 0 bridgehead atoms. The summed E-state index contributed by atoms with van der Waals surface area (Å²) in [5.41, 5.74) is -0.462. The van der Waals surface area contributed by atoms with E-state index in [2.05, 4.69) is 11.7 Å². The van der Waals surface area contributed by atoms with Crippen LogP contribution >= 0.6 is 0 Å². The van der Waals surface area contributed by atoms with E-state index < -0.39 is 46.5 Å². The van der Waals surface area contributed by atoms with Crippen molar-refractivity contribution in [2.24, 2.45) is 5.92 Å². The van der Waals surface area contributed by atoms with Crippen LogP contribution in [0.5, 0.6) is 5.75 Å². The van der Waals surface area contributed by atoms with Crippen LogP contribution in [0.3, 0.4) is 0 Å². The van der Waals surface area contributed by atoms with Gasteiger partial charge in [-0.3, -0.25) is 0 Å². The second kappa shape index (κ2) is 9.89. The minimum absolute atomic E-state index is 0.000538. The molecule has 9 heteroatoms. The van der Waals surface area contributed by atoms with Gasteiger partial charge in [-0.2, -0.15) is 8.78 Å². The van der Waals surface area contributed by atoms with Crippen LogP contribution in [0.4, 0.5) is 30.7 Å². The summed E-state index contributed by atoms with van der Waals surface area (Å²) in [5, 5.41) is 0. The van der Waals surface area contributed by atoms with Crippen LogP contribution in [0.15, 0.2) is 48.5 Å². The molecule has 1 aliphatic heterocycles. The highest BCUT2D eigenvalue weighted by molar-refractivity contribution is 5.64. The second-order valence-corrected chi connectivity index (χ2v) is 8.43. The Labute approximate surface area is 197 Å². The lowest BCUT2D eigenvalue weighted by Crippen LogP contribution is -2.25. The van der Waals surface area contributed by atoms with Gasteiger partial charge in [0.25, 0.3) is 0 Å². The molecule has 3 aromatic rings. The van der Waals surface area contributed by atoms with Crippen molar-refractivity contribution in [2.75, 3.05) is 6.61 Å². The second-order valence-electron chi connectivity index (χ2n) is 8.43. The quantitative estimate of drug-likeness (QED) is 0.253. The van der Waals surface area contributed by atoms with E-state index in [1.54, 1.807) is 24.3 Å². The molecule has 4 rings (SSSR count). The highest BCUT2D eigenvalue weighted by Crippen LogP contribution is 2.38. The van der Waals surface area contributed by atoms with Crippen molar-refractivity contribution in [3.05, 3.63) is 88.7 Å². The molecule has 1 heterocycles. The zero-order valence-corrected chi connectivity index (χ0v) is 18.6. The van der Waals surface area contributed by atoms with Crippen molar-refractivity contribution in [1.82, 2.24) is 0 Å². The molecule has 1 aliphatic rings. The van der Waals surface area contributed by atoms with Gasteiger partial charge in [0.15, 0.2) is 17.5 Å². The lowest BCUT2D eigenvalue weighted by atomic mass is 9.92. The summed E-state index contributed by atoms with van der Waals surface area (Å²) in [6.45, 7) is 2.77. The van der Waals surface area contributed by atoms with Gasteiger partial charge in [0.1, 0.15) is 22.9 Å². The van der Waals surface area contributed by atoms with E-state index in [0.717, 1.165) is 24.8 Å². The summed E-state index contributed by atoms with van der Waals surface area (Å²) in [5.74, 6) is -9.35. The molecule has 3 aromatic carbocycles. The fourth-order valence-electron chi connectivity index (χ4n) is 4.09.